The smallest absolute Gasteiger partial charge is 0.315 e. The molecular formula is C18H24N2O4. The molecule has 0 spiro atoms. The van der Waals surface area contributed by atoms with Gasteiger partial charge in [-0.05, 0) is 32.8 Å². The topological polar surface area (TPSA) is 76.7 Å². The summed E-state index contributed by atoms with van der Waals surface area (Å²) >= 11 is 0. The van der Waals surface area contributed by atoms with Crippen molar-refractivity contribution < 1.29 is 19.1 Å². The number of nitrogens with one attached hydrogen (secondary N) is 2. The molecule has 0 bridgehead atoms. The fraction of sp³-hybridized carbons (Fsp3) is 0.556. The molecule has 1 aliphatic heterocycles. The van der Waals surface area contributed by atoms with Crippen molar-refractivity contribution in [3.05, 3.63) is 29.8 Å². The third-order valence-electron chi connectivity index (χ3n) is 4.64. The third kappa shape index (κ3) is 3.47. The molecule has 2 atom stereocenters. The number of carbonyl (C=O) groups excluding carboxylic acids is 2. The number of para-hydroxylation sites is 1. The summed E-state index contributed by atoms with van der Waals surface area (Å²) in [7, 11) is 0. The van der Waals surface area contributed by atoms with Gasteiger partial charge >= 0.3 is 12.0 Å². The molecule has 2 aliphatic rings. The molecule has 0 radical (unpaired) electrons. The number of carbonyl (C=O) groups is 2. The first-order valence-corrected chi connectivity index (χ1v) is 8.51. The maximum absolute atomic E-state index is 12.3. The molecule has 0 unspecified atom stereocenters. The molecule has 1 aromatic carbocycles. The van der Waals surface area contributed by atoms with Gasteiger partial charge in [-0.25, -0.2) is 4.79 Å². The predicted octanol–water partition coefficient (Wildman–Crippen LogP) is 2.54. The van der Waals surface area contributed by atoms with Gasteiger partial charge in [-0.15, -0.1) is 0 Å². The monoisotopic (exact) mass is 332 g/mol. The Morgan fingerprint density at radius 1 is 1.33 bits per heavy atom. The van der Waals surface area contributed by atoms with E-state index in [9.17, 15) is 9.59 Å². The second kappa shape index (κ2) is 6.71. The van der Waals surface area contributed by atoms with Gasteiger partial charge in [-0.3, -0.25) is 4.79 Å². The molecule has 1 saturated carbocycles. The highest BCUT2D eigenvalue weighted by Gasteiger charge is 2.51. The fourth-order valence-corrected chi connectivity index (χ4v) is 3.08. The van der Waals surface area contributed by atoms with Crippen molar-refractivity contribution in [1.82, 2.24) is 10.6 Å². The van der Waals surface area contributed by atoms with Crippen LogP contribution in [-0.2, 0) is 9.53 Å². The molecule has 1 aromatic rings. The quantitative estimate of drug-likeness (QED) is 0.813. The van der Waals surface area contributed by atoms with Gasteiger partial charge in [0.1, 0.15) is 5.75 Å². The number of hydrogen-bond donors (Lipinski definition) is 2. The van der Waals surface area contributed by atoms with Crippen molar-refractivity contribution in [1.29, 1.82) is 0 Å². The number of hydrogen-bond acceptors (Lipinski definition) is 4. The highest BCUT2D eigenvalue weighted by atomic mass is 16.5. The van der Waals surface area contributed by atoms with Crippen LogP contribution in [0.1, 0.15) is 44.7 Å². The number of ether oxygens (including phenoxy) is 2. The SMILES string of the molecule is CCOC(=O)C1(CNC(=O)N[C@@H]2C[C@@H](C)Oc3ccccc32)CC1. The van der Waals surface area contributed by atoms with Crippen molar-refractivity contribution in [2.75, 3.05) is 13.2 Å². The minimum absolute atomic E-state index is 0.0412. The summed E-state index contributed by atoms with van der Waals surface area (Å²) in [4.78, 5) is 24.2. The summed E-state index contributed by atoms with van der Waals surface area (Å²) in [6.45, 7) is 4.46. The Balaban J connectivity index is 1.57. The van der Waals surface area contributed by atoms with E-state index in [1.807, 2.05) is 31.2 Å². The van der Waals surface area contributed by atoms with E-state index in [0.29, 0.717) is 19.6 Å². The predicted molar refractivity (Wildman–Crippen MR) is 88.7 cm³/mol. The molecule has 0 saturated heterocycles. The zero-order valence-electron chi connectivity index (χ0n) is 14.1. The molecule has 24 heavy (non-hydrogen) atoms. The highest BCUT2D eigenvalue weighted by molar-refractivity contribution is 5.82. The van der Waals surface area contributed by atoms with Crippen LogP contribution < -0.4 is 15.4 Å². The largest absolute Gasteiger partial charge is 0.490 e. The molecule has 0 aromatic heterocycles. The fourth-order valence-electron chi connectivity index (χ4n) is 3.08. The van der Waals surface area contributed by atoms with Crippen LogP contribution in [-0.4, -0.2) is 31.3 Å². The van der Waals surface area contributed by atoms with Gasteiger partial charge in [0.25, 0.3) is 0 Å². The minimum atomic E-state index is -0.520. The van der Waals surface area contributed by atoms with Gasteiger partial charge in [-0.1, -0.05) is 18.2 Å². The number of esters is 1. The number of rotatable bonds is 5. The Bertz CT molecular complexity index is 627. The number of amides is 2. The summed E-state index contributed by atoms with van der Waals surface area (Å²) in [5.74, 6) is 0.599. The van der Waals surface area contributed by atoms with Crippen LogP contribution in [0.2, 0.25) is 0 Å². The zero-order chi connectivity index (χ0) is 17.2. The van der Waals surface area contributed by atoms with E-state index in [2.05, 4.69) is 10.6 Å². The van der Waals surface area contributed by atoms with Gasteiger partial charge in [0.15, 0.2) is 0 Å². The van der Waals surface area contributed by atoms with Crippen LogP contribution in [0.4, 0.5) is 4.79 Å². The molecular weight excluding hydrogens is 308 g/mol. The summed E-state index contributed by atoms with van der Waals surface area (Å²) in [6, 6.07) is 7.38. The Morgan fingerprint density at radius 2 is 2.08 bits per heavy atom. The van der Waals surface area contributed by atoms with Crippen LogP contribution in [0.25, 0.3) is 0 Å². The minimum Gasteiger partial charge on any atom is -0.490 e. The molecule has 6 nitrogen and oxygen atoms in total. The van der Waals surface area contributed by atoms with E-state index < -0.39 is 5.41 Å². The van der Waals surface area contributed by atoms with Crippen molar-refractivity contribution in [2.45, 2.75) is 45.3 Å². The molecule has 1 fully saturated rings. The zero-order valence-corrected chi connectivity index (χ0v) is 14.1. The van der Waals surface area contributed by atoms with Crippen molar-refractivity contribution in [3.8, 4) is 5.75 Å². The molecule has 2 N–H and O–H groups in total. The normalized spacial score (nSPS) is 23.4. The molecule has 2 amide bonds. The van der Waals surface area contributed by atoms with Gasteiger partial charge in [0.2, 0.25) is 0 Å². The lowest BCUT2D eigenvalue weighted by atomic mass is 9.97. The average Bonchev–Trinajstić information content (AvgIpc) is 3.34. The van der Waals surface area contributed by atoms with E-state index in [4.69, 9.17) is 9.47 Å². The van der Waals surface area contributed by atoms with Crippen molar-refractivity contribution in [2.24, 2.45) is 5.41 Å². The molecule has 1 heterocycles. The number of benzene rings is 1. The van der Waals surface area contributed by atoms with Crippen LogP contribution in [0, 0.1) is 5.41 Å². The van der Waals surface area contributed by atoms with E-state index in [-0.39, 0.29) is 24.1 Å². The Hall–Kier alpha value is -2.24. The lowest BCUT2D eigenvalue weighted by Gasteiger charge is -2.31. The summed E-state index contributed by atoms with van der Waals surface area (Å²) in [5.41, 5.74) is 0.464. The maximum atomic E-state index is 12.3. The first-order chi connectivity index (χ1) is 11.5. The lowest BCUT2D eigenvalue weighted by Crippen LogP contribution is -2.44. The average molecular weight is 332 g/mol. The molecule has 130 valence electrons. The lowest BCUT2D eigenvalue weighted by molar-refractivity contribution is -0.149. The van der Waals surface area contributed by atoms with E-state index in [0.717, 1.165) is 24.2 Å². The first-order valence-electron chi connectivity index (χ1n) is 8.51. The van der Waals surface area contributed by atoms with E-state index >= 15 is 0 Å². The maximum Gasteiger partial charge on any atom is 0.315 e. The second-order valence-electron chi connectivity index (χ2n) is 6.58. The van der Waals surface area contributed by atoms with Crippen molar-refractivity contribution >= 4 is 12.0 Å². The van der Waals surface area contributed by atoms with Crippen LogP contribution in [0.15, 0.2) is 24.3 Å². The third-order valence-corrected chi connectivity index (χ3v) is 4.64. The standard InChI is InChI=1S/C18H24N2O4/c1-3-23-16(21)18(8-9-18)11-19-17(22)20-14-10-12(2)24-15-7-5-4-6-13(14)15/h4-7,12,14H,3,8-11H2,1-2H3,(H2,19,20,22)/t12-,14-/m1/s1. The summed E-state index contributed by atoms with van der Waals surface area (Å²) < 4.78 is 10.9. The van der Waals surface area contributed by atoms with Crippen LogP contribution in [0.5, 0.6) is 5.75 Å². The van der Waals surface area contributed by atoms with Crippen LogP contribution >= 0.6 is 0 Å². The number of urea groups is 1. The Morgan fingerprint density at radius 3 is 2.79 bits per heavy atom. The summed E-state index contributed by atoms with van der Waals surface area (Å²) in [6.07, 6.45) is 2.29. The summed E-state index contributed by atoms with van der Waals surface area (Å²) in [5, 5.41) is 5.82. The molecule has 3 rings (SSSR count). The van der Waals surface area contributed by atoms with Gasteiger partial charge < -0.3 is 20.1 Å². The van der Waals surface area contributed by atoms with E-state index in [1.165, 1.54) is 0 Å². The van der Waals surface area contributed by atoms with Gasteiger partial charge in [0, 0.05) is 18.5 Å². The first kappa shape index (κ1) is 16.6. The van der Waals surface area contributed by atoms with Gasteiger partial charge in [0.05, 0.1) is 24.2 Å². The highest BCUT2D eigenvalue weighted by Crippen LogP contribution is 2.46. The molecule has 1 aliphatic carbocycles. The Labute approximate surface area is 141 Å². The van der Waals surface area contributed by atoms with Crippen molar-refractivity contribution in [3.63, 3.8) is 0 Å². The Kier molecular flexibility index (Phi) is 4.64. The van der Waals surface area contributed by atoms with Crippen LogP contribution in [0.3, 0.4) is 0 Å². The van der Waals surface area contributed by atoms with Gasteiger partial charge in [-0.2, -0.15) is 0 Å². The van der Waals surface area contributed by atoms with E-state index in [1.54, 1.807) is 6.92 Å². The molecule has 6 heteroatoms. The number of fused-ring (bicyclic) bond motifs is 1. The second-order valence-corrected chi connectivity index (χ2v) is 6.58.